The smallest absolute Gasteiger partial charge is 0.341 e. The molecule has 472 valence electrons. The fourth-order valence-corrected chi connectivity index (χ4v) is 13.3. The van der Waals surface area contributed by atoms with Crippen LogP contribution in [0.5, 0.6) is 69.0 Å². The van der Waals surface area contributed by atoms with Crippen molar-refractivity contribution in [1.29, 1.82) is 0 Å². The van der Waals surface area contributed by atoms with Crippen LogP contribution in [0.25, 0.3) is 0 Å². The minimum absolute atomic E-state index is 0.0580. The maximum Gasteiger partial charge on any atom is 0.341 e. The van der Waals surface area contributed by atoms with Gasteiger partial charge in [0.15, 0.2) is 72.4 Å². The lowest BCUT2D eigenvalue weighted by Gasteiger charge is -2.37. The molecule has 1 aliphatic carbocycles. The molecule has 0 unspecified atom stereocenters. The van der Waals surface area contributed by atoms with Gasteiger partial charge in [-0.2, -0.15) is 0 Å². The number of carboxylic acids is 4. The van der Waals surface area contributed by atoms with Crippen molar-refractivity contribution in [2.45, 2.75) is 75.0 Å². The van der Waals surface area contributed by atoms with Crippen LogP contribution in [0.3, 0.4) is 0 Å². The number of carbonyl (C=O) groups is 4. The van der Waals surface area contributed by atoms with Gasteiger partial charge in [0.1, 0.15) is 0 Å². The predicted octanol–water partition coefficient (Wildman–Crippen LogP) is 11.8. The highest BCUT2D eigenvalue weighted by atomic mass is 16.7. The third kappa shape index (κ3) is 12.5. The van der Waals surface area contributed by atoms with Crippen molar-refractivity contribution in [3.8, 4) is 69.0 Å². The average Bonchev–Trinajstić information content (AvgIpc) is 0.736. The molecular weight excluding hydrogens is 1180 g/mol. The van der Waals surface area contributed by atoms with Crippen molar-refractivity contribution >= 4 is 23.9 Å². The Hall–Kier alpha value is -10.8. The molecule has 0 amide bonds. The van der Waals surface area contributed by atoms with Gasteiger partial charge in [-0.3, -0.25) is 0 Å². The molecule has 4 heterocycles. The number of carboxylic acid groups (broad SMARTS) is 4. The van der Waals surface area contributed by atoms with Crippen LogP contribution in [-0.4, -0.2) is 97.9 Å². The van der Waals surface area contributed by atoms with E-state index in [2.05, 4.69) is 0 Å². The number of hydrogen-bond acceptors (Lipinski definition) is 16. The first-order valence-corrected chi connectivity index (χ1v) is 30.3. The standard InChI is InChI=1S/C72H64O20/c73-57(74)33-81-69-61-49-29-51-46(26-22-42-15-7-2-8-16-42)53-31-55-48(28-24-44-19-11-4-12-20-44)56-32-54-47(27-23-43-17-9-3-10-18-43)52-30-50(45(49)25-21-41-13-5-1-6-14-41)62(86-37-85-61)70(82-34-58(75)76)64(52)88-39-90-66(54)72(84-36-60(79)80)68(56)92-40-91-67(55)71(83-35-59(77)78)65(53)89-38-87-63(51)69/h1-20,29-32,45-48H,21-28,33-40H2,(H,73,74)(H,75,76)(H,77,78)(H,79,80). The molecule has 4 aliphatic heterocycles. The molecule has 4 N–H and O–H groups in total. The molecule has 5 aliphatic rings. The summed E-state index contributed by atoms with van der Waals surface area (Å²) in [6, 6.07) is 47.3. The first-order valence-electron chi connectivity index (χ1n) is 30.3. The lowest BCUT2D eigenvalue weighted by molar-refractivity contribution is -0.140. The summed E-state index contributed by atoms with van der Waals surface area (Å²) in [7, 11) is 0. The van der Waals surface area contributed by atoms with E-state index in [9.17, 15) is 39.6 Å². The number of benzene rings is 8. The van der Waals surface area contributed by atoms with Gasteiger partial charge in [0.25, 0.3) is 0 Å². The first-order chi connectivity index (χ1) is 44.9. The van der Waals surface area contributed by atoms with Crippen molar-refractivity contribution < 1.29 is 96.4 Å². The zero-order chi connectivity index (χ0) is 63.2. The summed E-state index contributed by atoms with van der Waals surface area (Å²) in [4.78, 5) is 51.4. The Morgan fingerprint density at radius 3 is 0.630 bits per heavy atom. The van der Waals surface area contributed by atoms with Crippen LogP contribution >= 0.6 is 0 Å². The molecule has 0 spiro atoms. The molecule has 0 saturated carbocycles. The van der Waals surface area contributed by atoms with Gasteiger partial charge in [0.2, 0.25) is 50.2 Å². The minimum Gasteiger partial charge on any atom is -0.479 e. The zero-order valence-electron chi connectivity index (χ0n) is 49.8. The number of rotatable bonds is 24. The fourth-order valence-electron chi connectivity index (χ4n) is 13.3. The van der Waals surface area contributed by atoms with Crippen LogP contribution in [0, 0.1) is 0 Å². The van der Waals surface area contributed by atoms with Crippen molar-refractivity contribution in [2.24, 2.45) is 0 Å². The summed E-state index contributed by atoms with van der Waals surface area (Å²) in [6.07, 6.45) is 3.04. The highest BCUT2D eigenvalue weighted by Crippen LogP contribution is 2.62. The molecule has 8 bridgehead atoms. The van der Waals surface area contributed by atoms with Gasteiger partial charge < -0.3 is 77.3 Å². The van der Waals surface area contributed by atoms with E-state index in [0.717, 1.165) is 22.3 Å². The van der Waals surface area contributed by atoms with Crippen LogP contribution in [0.1, 0.15) is 116 Å². The zero-order valence-corrected chi connectivity index (χ0v) is 49.8. The fraction of sp³-hybridized carbons (Fsp3) is 0.278. The van der Waals surface area contributed by atoms with Gasteiger partial charge in [0, 0.05) is 68.2 Å². The third-order valence-electron chi connectivity index (χ3n) is 17.2. The summed E-state index contributed by atoms with van der Waals surface area (Å²) in [5.41, 5.74) is 7.98. The van der Waals surface area contributed by atoms with Crippen molar-refractivity contribution in [1.82, 2.24) is 0 Å². The Labute approximate surface area is 528 Å². The Morgan fingerprint density at radius 1 is 0.293 bits per heavy atom. The normalized spacial score (nSPS) is 16.8. The summed E-state index contributed by atoms with van der Waals surface area (Å²) in [6.45, 7) is -5.55. The van der Waals surface area contributed by atoms with Crippen molar-refractivity contribution in [3.05, 3.63) is 212 Å². The summed E-state index contributed by atoms with van der Waals surface area (Å²) in [5.74, 6) is -7.80. The number of hydrogen-bond donors (Lipinski definition) is 4. The average molecular weight is 1250 g/mol. The topological polar surface area (TPSA) is 260 Å². The minimum atomic E-state index is -1.29. The lowest BCUT2D eigenvalue weighted by atomic mass is 9.75. The van der Waals surface area contributed by atoms with Gasteiger partial charge in [0.05, 0.1) is 0 Å². The van der Waals surface area contributed by atoms with E-state index >= 15 is 0 Å². The second-order valence-corrected chi connectivity index (χ2v) is 22.8. The molecule has 92 heavy (non-hydrogen) atoms. The molecular formula is C72H64O20. The first kappa shape index (κ1) is 60.2. The van der Waals surface area contributed by atoms with Crippen LogP contribution in [-0.2, 0) is 44.9 Å². The van der Waals surface area contributed by atoms with E-state index in [-0.39, 0.29) is 69.0 Å². The molecule has 0 atom stereocenters. The van der Waals surface area contributed by atoms with Gasteiger partial charge in [-0.25, -0.2) is 19.2 Å². The van der Waals surface area contributed by atoms with Crippen LogP contribution in [0.4, 0.5) is 0 Å². The molecule has 0 aromatic heterocycles. The summed E-state index contributed by atoms with van der Waals surface area (Å²) >= 11 is 0. The van der Waals surface area contributed by atoms with Crippen LogP contribution < -0.4 is 56.8 Å². The summed E-state index contributed by atoms with van der Waals surface area (Å²) in [5, 5.41) is 41.9. The number of aryl methyl sites for hydroxylation is 4. The second kappa shape index (κ2) is 26.7. The SMILES string of the molecule is O=C(O)COc1c2c3cc4c1OCOc1c(cc5c(c1OCC(=O)O)OCOc1c(cc6c(c1OCC(=O)O)OCOc1c(cc(c(c1OCC(=O)O)OCO2)C3CCc1ccccc1)C6CCc1ccccc1)C5CCc1ccccc1)C4CCc1ccccc1. The largest absolute Gasteiger partial charge is 0.479 e. The van der Waals surface area contributed by atoms with Gasteiger partial charge >= 0.3 is 23.9 Å². The maximum absolute atomic E-state index is 12.8. The molecule has 0 saturated heterocycles. The number of ether oxygens (including phenoxy) is 12. The van der Waals surface area contributed by atoms with Crippen molar-refractivity contribution in [2.75, 3.05) is 53.6 Å². The summed E-state index contributed by atoms with van der Waals surface area (Å²) < 4.78 is 79.8. The van der Waals surface area contributed by atoms with E-state index in [1.165, 1.54) is 0 Å². The molecule has 20 nitrogen and oxygen atoms in total. The van der Waals surface area contributed by atoms with Crippen molar-refractivity contribution in [3.63, 3.8) is 0 Å². The molecule has 13 rings (SSSR count). The Morgan fingerprint density at radius 2 is 0.467 bits per heavy atom. The van der Waals surface area contributed by atoms with Gasteiger partial charge in [-0.1, -0.05) is 121 Å². The van der Waals surface area contributed by atoms with Crippen LogP contribution in [0.15, 0.2) is 146 Å². The molecule has 0 radical (unpaired) electrons. The van der Waals surface area contributed by atoms with E-state index < -0.39 is 101 Å². The highest BCUT2D eigenvalue weighted by molar-refractivity contribution is 5.76. The molecule has 0 fully saturated rings. The van der Waals surface area contributed by atoms with E-state index in [0.29, 0.717) is 95.9 Å². The third-order valence-corrected chi connectivity index (χ3v) is 17.2. The highest BCUT2D eigenvalue weighted by Gasteiger charge is 2.43. The number of aliphatic carboxylic acids is 4. The Balaban J connectivity index is 1.21. The van der Waals surface area contributed by atoms with Gasteiger partial charge in [-0.05, 0) is 97.9 Å². The second-order valence-electron chi connectivity index (χ2n) is 22.8. The van der Waals surface area contributed by atoms with Crippen LogP contribution in [0.2, 0.25) is 0 Å². The van der Waals surface area contributed by atoms with E-state index in [1.54, 1.807) is 0 Å². The molecule has 8 aromatic rings. The molecule has 8 aromatic carbocycles. The van der Waals surface area contributed by atoms with Gasteiger partial charge in [-0.15, -0.1) is 0 Å². The monoisotopic (exact) mass is 1250 g/mol. The molecule has 20 heteroatoms. The van der Waals surface area contributed by atoms with E-state index in [4.69, 9.17) is 56.8 Å². The predicted molar refractivity (Wildman–Crippen MR) is 329 cm³/mol. The lowest BCUT2D eigenvalue weighted by Crippen LogP contribution is -2.25. The quantitative estimate of drug-likeness (QED) is 0.0438. The Bertz CT molecular complexity index is 3420. The maximum atomic E-state index is 12.8. The van der Waals surface area contributed by atoms with E-state index in [1.807, 2.05) is 146 Å². The Kier molecular flexibility index (Phi) is 17.5.